The number of benzene rings is 1. The van der Waals surface area contributed by atoms with Crippen LogP contribution in [0, 0.1) is 0 Å². The van der Waals surface area contributed by atoms with Crippen molar-refractivity contribution in [3.63, 3.8) is 0 Å². The fourth-order valence-electron chi connectivity index (χ4n) is 2.40. The van der Waals surface area contributed by atoms with Gasteiger partial charge in [0, 0.05) is 17.0 Å². The van der Waals surface area contributed by atoms with Gasteiger partial charge in [0.15, 0.2) is 5.88 Å². The quantitative estimate of drug-likeness (QED) is 0.514. The summed E-state index contributed by atoms with van der Waals surface area (Å²) >= 11 is 0. The van der Waals surface area contributed by atoms with Crippen molar-refractivity contribution < 1.29 is 29.9 Å². The van der Waals surface area contributed by atoms with Crippen molar-refractivity contribution in [1.82, 2.24) is 4.98 Å². The van der Waals surface area contributed by atoms with E-state index < -0.39 is 37.3 Å². The minimum atomic E-state index is -1.45. The summed E-state index contributed by atoms with van der Waals surface area (Å²) in [6.45, 7) is -0.489. The van der Waals surface area contributed by atoms with Crippen LogP contribution >= 0.6 is 0 Å². The highest BCUT2D eigenvalue weighted by Gasteiger charge is 2.44. The number of aliphatic hydroxyl groups is 4. The third kappa shape index (κ3) is 2.61. The van der Waals surface area contributed by atoms with Gasteiger partial charge in [-0.05, 0) is 6.07 Å². The van der Waals surface area contributed by atoms with Gasteiger partial charge in [-0.2, -0.15) is 0 Å². The lowest BCUT2D eigenvalue weighted by Crippen LogP contribution is -2.60. The van der Waals surface area contributed by atoms with Gasteiger partial charge in [-0.25, -0.2) is 0 Å². The van der Waals surface area contributed by atoms with E-state index in [9.17, 15) is 15.3 Å². The SMILES string of the molecule is OC[C@H]1OC(Oc2cc3ccccc3[nH]2)[C@H](O)[C@@H](O)[C@@H]1O. The van der Waals surface area contributed by atoms with E-state index >= 15 is 0 Å². The van der Waals surface area contributed by atoms with E-state index in [1.165, 1.54) is 0 Å². The third-order valence-electron chi connectivity index (χ3n) is 3.60. The van der Waals surface area contributed by atoms with Crippen LogP contribution in [0.1, 0.15) is 0 Å². The zero-order chi connectivity index (χ0) is 15.0. The van der Waals surface area contributed by atoms with Gasteiger partial charge in [-0.1, -0.05) is 18.2 Å². The van der Waals surface area contributed by atoms with Crippen LogP contribution in [0.3, 0.4) is 0 Å². The fourth-order valence-corrected chi connectivity index (χ4v) is 2.40. The zero-order valence-electron chi connectivity index (χ0n) is 11.1. The summed E-state index contributed by atoms with van der Waals surface area (Å²) in [6.07, 6.45) is -6.45. The Labute approximate surface area is 120 Å². The second kappa shape index (κ2) is 5.63. The molecule has 0 aliphatic carbocycles. The number of aliphatic hydroxyl groups excluding tert-OH is 4. The average Bonchev–Trinajstić information content (AvgIpc) is 2.90. The van der Waals surface area contributed by atoms with Gasteiger partial charge < -0.3 is 34.9 Å². The molecule has 2 aromatic rings. The second-order valence-electron chi connectivity index (χ2n) is 5.04. The molecule has 1 fully saturated rings. The molecule has 7 heteroatoms. The summed E-state index contributed by atoms with van der Waals surface area (Å²) in [7, 11) is 0. The van der Waals surface area contributed by atoms with Gasteiger partial charge in [-0.15, -0.1) is 0 Å². The van der Waals surface area contributed by atoms with E-state index in [2.05, 4.69) is 4.98 Å². The van der Waals surface area contributed by atoms with E-state index in [1.807, 2.05) is 24.3 Å². The van der Waals surface area contributed by atoms with Crippen LogP contribution in [0.2, 0.25) is 0 Å². The summed E-state index contributed by atoms with van der Waals surface area (Å²) in [4.78, 5) is 3.00. The maximum absolute atomic E-state index is 9.90. The normalized spacial score (nSPS) is 33.2. The fraction of sp³-hybridized carbons (Fsp3) is 0.429. The van der Waals surface area contributed by atoms with Crippen molar-refractivity contribution >= 4 is 10.9 Å². The number of fused-ring (bicyclic) bond motifs is 1. The molecule has 7 nitrogen and oxygen atoms in total. The Bertz CT molecular complexity index is 579. The number of H-pyrrole nitrogens is 1. The molecule has 1 aromatic heterocycles. The molecule has 0 radical (unpaired) electrons. The summed E-state index contributed by atoms with van der Waals surface area (Å²) < 4.78 is 10.8. The molecule has 1 aromatic carbocycles. The minimum Gasteiger partial charge on any atom is -0.447 e. The largest absolute Gasteiger partial charge is 0.447 e. The molecule has 1 aliphatic heterocycles. The first-order valence-corrected chi connectivity index (χ1v) is 6.65. The zero-order valence-corrected chi connectivity index (χ0v) is 11.1. The number of para-hydroxylation sites is 1. The lowest BCUT2D eigenvalue weighted by atomic mass is 9.99. The Balaban J connectivity index is 1.79. The number of ether oxygens (including phenoxy) is 2. The summed E-state index contributed by atoms with van der Waals surface area (Å²) in [5, 5.41) is 39.4. The average molecular weight is 295 g/mol. The molecule has 5 N–H and O–H groups in total. The van der Waals surface area contributed by atoms with Gasteiger partial charge in [-0.3, -0.25) is 0 Å². The van der Waals surface area contributed by atoms with Gasteiger partial charge in [0.1, 0.15) is 24.4 Å². The first-order valence-electron chi connectivity index (χ1n) is 6.65. The van der Waals surface area contributed by atoms with Crippen molar-refractivity contribution in [2.45, 2.75) is 30.7 Å². The summed E-state index contributed by atoms with van der Waals surface area (Å²) in [6, 6.07) is 9.25. The summed E-state index contributed by atoms with van der Waals surface area (Å²) in [5.41, 5.74) is 0.858. The third-order valence-corrected chi connectivity index (χ3v) is 3.60. The van der Waals surface area contributed by atoms with Gasteiger partial charge >= 0.3 is 0 Å². The Morgan fingerprint density at radius 2 is 1.86 bits per heavy atom. The maximum atomic E-state index is 9.90. The molecule has 0 spiro atoms. The predicted octanol–water partition coefficient (Wildman–Crippen LogP) is -0.653. The van der Waals surface area contributed by atoms with Crippen LogP contribution in [0.5, 0.6) is 5.88 Å². The molecule has 0 saturated carbocycles. The van der Waals surface area contributed by atoms with Crippen LogP contribution < -0.4 is 4.74 Å². The molecule has 1 aliphatic rings. The van der Waals surface area contributed by atoms with Crippen molar-refractivity contribution in [1.29, 1.82) is 0 Å². The molecule has 1 saturated heterocycles. The monoisotopic (exact) mass is 295 g/mol. The first kappa shape index (κ1) is 14.3. The van der Waals surface area contributed by atoms with Crippen LogP contribution in [0.4, 0.5) is 0 Å². The molecule has 1 unspecified atom stereocenters. The van der Waals surface area contributed by atoms with Crippen molar-refractivity contribution in [3.05, 3.63) is 30.3 Å². The van der Waals surface area contributed by atoms with Crippen molar-refractivity contribution in [3.8, 4) is 5.88 Å². The molecule has 0 bridgehead atoms. The van der Waals surface area contributed by atoms with Crippen LogP contribution in [-0.2, 0) is 4.74 Å². The number of hydrogen-bond donors (Lipinski definition) is 5. The molecule has 3 rings (SSSR count). The van der Waals surface area contributed by atoms with E-state index in [4.69, 9.17) is 14.6 Å². The highest BCUT2D eigenvalue weighted by molar-refractivity contribution is 5.81. The predicted molar refractivity (Wildman–Crippen MR) is 72.7 cm³/mol. The Morgan fingerprint density at radius 1 is 1.10 bits per heavy atom. The topological polar surface area (TPSA) is 115 Å². The van der Waals surface area contributed by atoms with Crippen LogP contribution in [0.15, 0.2) is 30.3 Å². The summed E-state index contributed by atoms with van der Waals surface area (Å²) in [5.74, 6) is 0.362. The van der Waals surface area contributed by atoms with E-state index in [1.54, 1.807) is 6.07 Å². The van der Waals surface area contributed by atoms with Gasteiger partial charge in [0.2, 0.25) is 6.29 Å². The number of aromatic amines is 1. The number of rotatable bonds is 3. The molecule has 5 atom stereocenters. The van der Waals surface area contributed by atoms with Gasteiger partial charge in [0.05, 0.1) is 6.61 Å². The minimum absolute atomic E-state index is 0.362. The molecule has 2 heterocycles. The van der Waals surface area contributed by atoms with E-state index in [0.717, 1.165) is 10.9 Å². The lowest BCUT2D eigenvalue weighted by molar-refractivity contribution is -0.278. The molecular weight excluding hydrogens is 278 g/mol. The van der Waals surface area contributed by atoms with Crippen molar-refractivity contribution in [2.75, 3.05) is 6.61 Å². The molecule has 0 amide bonds. The Morgan fingerprint density at radius 3 is 2.57 bits per heavy atom. The molecule has 114 valence electrons. The Kier molecular flexibility index (Phi) is 3.83. The first-order chi connectivity index (χ1) is 10.1. The van der Waals surface area contributed by atoms with Gasteiger partial charge in [0.25, 0.3) is 0 Å². The number of aromatic nitrogens is 1. The smallest absolute Gasteiger partial charge is 0.230 e. The van der Waals surface area contributed by atoms with E-state index in [-0.39, 0.29) is 0 Å². The highest BCUT2D eigenvalue weighted by Crippen LogP contribution is 2.26. The van der Waals surface area contributed by atoms with Crippen LogP contribution in [-0.4, -0.2) is 62.7 Å². The molecule has 21 heavy (non-hydrogen) atoms. The number of nitrogens with one attached hydrogen (secondary N) is 1. The van der Waals surface area contributed by atoms with Crippen molar-refractivity contribution in [2.24, 2.45) is 0 Å². The second-order valence-corrected chi connectivity index (χ2v) is 5.04. The lowest BCUT2D eigenvalue weighted by Gasteiger charge is -2.39. The Hall–Kier alpha value is -1.64. The van der Waals surface area contributed by atoms with Crippen LogP contribution in [0.25, 0.3) is 10.9 Å². The highest BCUT2D eigenvalue weighted by atomic mass is 16.7. The maximum Gasteiger partial charge on any atom is 0.230 e. The number of hydrogen-bond acceptors (Lipinski definition) is 6. The van der Waals surface area contributed by atoms with E-state index in [0.29, 0.717) is 5.88 Å². The molecular formula is C14H17NO6. The standard InChI is InChI=1S/C14H17NO6/c16-6-9-11(17)12(18)13(19)14(20-9)21-10-5-7-3-1-2-4-8(7)15-10/h1-5,9,11-19H,6H2/t9-,11-,12+,13-,14?/m1/s1.